The summed E-state index contributed by atoms with van der Waals surface area (Å²) in [6, 6.07) is 6.45. The number of carboxylic acids is 1. The number of halogens is 1. The first-order valence-electron chi connectivity index (χ1n) is 6.06. The van der Waals surface area contributed by atoms with E-state index in [4.69, 9.17) is 5.11 Å². The fourth-order valence-corrected chi connectivity index (χ4v) is 2.10. The fourth-order valence-electron chi connectivity index (χ4n) is 1.70. The number of anilines is 1. The summed E-state index contributed by atoms with van der Waals surface area (Å²) in [4.78, 5) is 22.5. The maximum atomic E-state index is 11.8. The van der Waals surface area contributed by atoms with Crippen LogP contribution in [0.4, 0.5) is 10.5 Å². The summed E-state index contributed by atoms with van der Waals surface area (Å²) < 4.78 is 0.862. The minimum atomic E-state index is -0.916. The maximum Gasteiger partial charge on any atom is 0.319 e. The number of carbonyl (C=O) groups is 2. The van der Waals surface area contributed by atoms with E-state index >= 15 is 0 Å². The molecule has 0 aliphatic heterocycles. The molecule has 19 heavy (non-hydrogen) atoms. The van der Waals surface area contributed by atoms with E-state index in [9.17, 15) is 9.59 Å². The number of nitrogens with one attached hydrogen (secondary N) is 2. The monoisotopic (exact) mass is 328 g/mol. The SMILES string of the molecule is CCCC(CC(=O)O)NC(=O)Nc1cccc(Br)c1. The van der Waals surface area contributed by atoms with E-state index in [-0.39, 0.29) is 12.5 Å². The number of urea groups is 1. The Labute approximate surface area is 120 Å². The van der Waals surface area contributed by atoms with Gasteiger partial charge in [0, 0.05) is 16.2 Å². The van der Waals surface area contributed by atoms with Crippen molar-refractivity contribution in [2.24, 2.45) is 0 Å². The molecule has 1 aromatic rings. The van der Waals surface area contributed by atoms with E-state index < -0.39 is 12.0 Å². The van der Waals surface area contributed by atoms with Crippen molar-refractivity contribution in [1.82, 2.24) is 5.32 Å². The number of carboxylic acid groups (broad SMARTS) is 1. The number of aliphatic carboxylic acids is 1. The lowest BCUT2D eigenvalue weighted by atomic mass is 10.1. The zero-order chi connectivity index (χ0) is 14.3. The minimum absolute atomic E-state index is 0.0697. The Morgan fingerprint density at radius 1 is 1.42 bits per heavy atom. The first-order valence-corrected chi connectivity index (χ1v) is 6.85. The number of hydrogen-bond donors (Lipinski definition) is 3. The van der Waals surface area contributed by atoms with Crippen molar-refractivity contribution < 1.29 is 14.7 Å². The van der Waals surface area contributed by atoms with Gasteiger partial charge in [-0.25, -0.2) is 4.79 Å². The molecular weight excluding hydrogens is 312 g/mol. The molecule has 0 aromatic heterocycles. The van der Waals surface area contributed by atoms with E-state index in [0.29, 0.717) is 12.1 Å². The largest absolute Gasteiger partial charge is 0.481 e. The van der Waals surface area contributed by atoms with Gasteiger partial charge in [0.2, 0.25) is 0 Å². The molecule has 6 heteroatoms. The average Bonchev–Trinajstić information content (AvgIpc) is 2.27. The van der Waals surface area contributed by atoms with Crippen molar-refractivity contribution in [3.8, 4) is 0 Å². The van der Waals surface area contributed by atoms with Gasteiger partial charge in [0.25, 0.3) is 0 Å². The molecule has 0 spiro atoms. The number of rotatable bonds is 6. The molecule has 0 aliphatic rings. The van der Waals surface area contributed by atoms with Gasteiger partial charge in [-0.1, -0.05) is 35.3 Å². The summed E-state index contributed by atoms with van der Waals surface area (Å²) in [5.74, 6) is -0.916. The van der Waals surface area contributed by atoms with Gasteiger partial charge in [-0.05, 0) is 24.6 Å². The third kappa shape index (κ3) is 6.24. The van der Waals surface area contributed by atoms with Crippen LogP contribution in [0.3, 0.4) is 0 Å². The second-order valence-electron chi connectivity index (χ2n) is 4.19. The third-order valence-corrected chi connectivity index (χ3v) is 2.97. The lowest BCUT2D eigenvalue weighted by Gasteiger charge is -2.16. The fraction of sp³-hybridized carbons (Fsp3) is 0.385. The molecule has 0 bridgehead atoms. The summed E-state index contributed by atoms with van der Waals surface area (Å²) in [5.41, 5.74) is 0.650. The molecule has 0 fully saturated rings. The Morgan fingerprint density at radius 3 is 2.74 bits per heavy atom. The zero-order valence-electron chi connectivity index (χ0n) is 10.6. The normalized spacial score (nSPS) is 11.7. The van der Waals surface area contributed by atoms with Crippen molar-refractivity contribution in [2.75, 3.05) is 5.32 Å². The van der Waals surface area contributed by atoms with Gasteiger partial charge in [-0.2, -0.15) is 0 Å². The molecule has 0 radical (unpaired) electrons. The molecule has 0 aliphatic carbocycles. The van der Waals surface area contributed by atoms with Crippen molar-refractivity contribution in [2.45, 2.75) is 32.2 Å². The highest BCUT2D eigenvalue weighted by molar-refractivity contribution is 9.10. The molecule has 104 valence electrons. The van der Waals surface area contributed by atoms with Gasteiger partial charge in [-0.3, -0.25) is 4.79 Å². The second-order valence-corrected chi connectivity index (χ2v) is 5.11. The molecule has 1 unspecified atom stereocenters. The van der Waals surface area contributed by atoms with E-state index in [1.54, 1.807) is 18.2 Å². The van der Waals surface area contributed by atoms with E-state index in [1.807, 2.05) is 13.0 Å². The topological polar surface area (TPSA) is 78.4 Å². The van der Waals surface area contributed by atoms with Gasteiger partial charge < -0.3 is 15.7 Å². The Morgan fingerprint density at radius 2 is 2.16 bits per heavy atom. The summed E-state index contributed by atoms with van der Waals surface area (Å²) in [7, 11) is 0. The molecule has 1 atom stereocenters. The first-order chi connectivity index (χ1) is 9.01. The predicted molar refractivity (Wildman–Crippen MR) is 77.2 cm³/mol. The van der Waals surface area contributed by atoms with Gasteiger partial charge >= 0.3 is 12.0 Å². The number of benzene rings is 1. The van der Waals surface area contributed by atoms with Crippen LogP contribution in [0.2, 0.25) is 0 Å². The molecular formula is C13H17BrN2O3. The van der Waals surface area contributed by atoms with Gasteiger partial charge in [0.15, 0.2) is 0 Å². The van der Waals surface area contributed by atoms with Crippen LogP contribution in [0.1, 0.15) is 26.2 Å². The zero-order valence-corrected chi connectivity index (χ0v) is 12.2. The minimum Gasteiger partial charge on any atom is -0.481 e. The predicted octanol–water partition coefficient (Wildman–Crippen LogP) is 3.21. The molecule has 1 aromatic carbocycles. The van der Waals surface area contributed by atoms with Gasteiger partial charge in [0.05, 0.1) is 6.42 Å². The van der Waals surface area contributed by atoms with Gasteiger partial charge in [-0.15, -0.1) is 0 Å². The Kier molecular flexibility index (Phi) is 6.35. The number of carbonyl (C=O) groups excluding carboxylic acids is 1. The van der Waals surface area contributed by atoms with Crippen molar-refractivity contribution in [3.63, 3.8) is 0 Å². The Hall–Kier alpha value is -1.56. The van der Waals surface area contributed by atoms with Crippen molar-refractivity contribution in [1.29, 1.82) is 0 Å². The standard InChI is InChI=1S/C13H17BrN2O3/c1-2-4-10(8-12(17)18)15-13(19)16-11-6-3-5-9(14)7-11/h3,5-7,10H,2,4,8H2,1H3,(H,17,18)(H2,15,16,19). The van der Waals surface area contributed by atoms with Crippen molar-refractivity contribution >= 4 is 33.6 Å². The van der Waals surface area contributed by atoms with E-state index in [1.165, 1.54) is 0 Å². The highest BCUT2D eigenvalue weighted by Gasteiger charge is 2.15. The van der Waals surface area contributed by atoms with Crippen LogP contribution >= 0.6 is 15.9 Å². The summed E-state index contributed by atoms with van der Waals surface area (Å²) >= 11 is 3.31. The molecule has 3 N–H and O–H groups in total. The second kappa shape index (κ2) is 7.78. The van der Waals surface area contributed by atoms with E-state index in [0.717, 1.165) is 10.9 Å². The van der Waals surface area contributed by atoms with E-state index in [2.05, 4.69) is 26.6 Å². The van der Waals surface area contributed by atoms with Crippen LogP contribution in [0, 0.1) is 0 Å². The summed E-state index contributed by atoms with van der Waals surface area (Å²) in [5, 5.41) is 14.1. The molecule has 1 rings (SSSR count). The highest BCUT2D eigenvalue weighted by Crippen LogP contribution is 2.15. The summed E-state index contributed by atoms with van der Waals surface area (Å²) in [6.45, 7) is 1.95. The molecule has 0 saturated heterocycles. The van der Waals surface area contributed by atoms with Crippen LogP contribution in [0.25, 0.3) is 0 Å². The molecule has 5 nitrogen and oxygen atoms in total. The van der Waals surface area contributed by atoms with Crippen LogP contribution in [-0.2, 0) is 4.79 Å². The Bertz CT molecular complexity index is 451. The average molecular weight is 329 g/mol. The molecule has 0 saturated carbocycles. The van der Waals surface area contributed by atoms with Crippen molar-refractivity contribution in [3.05, 3.63) is 28.7 Å². The number of amides is 2. The maximum absolute atomic E-state index is 11.8. The lowest BCUT2D eigenvalue weighted by molar-refractivity contribution is -0.137. The van der Waals surface area contributed by atoms with Gasteiger partial charge in [0.1, 0.15) is 0 Å². The smallest absolute Gasteiger partial charge is 0.319 e. The van der Waals surface area contributed by atoms with Crippen LogP contribution in [-0.4, -0.2) is 23.1 Å². The third-order valence-electron chi connectivity index (χ3n) is 2.48. The quantitative estimate of drug-likeness (QED) is 0.750. The first kappa shape index (κ1) is 15.5. The Balaban J connectivity index is 2.54. The van der Waals surface area contributed by atoms with Crippen LogP contribution < -0.4 is 10.6 Å². The van der Waals surface area contributed by atoms with Crippen LogP contribution in [0.15, 0.2) is 28.7 Å². The highest BCUT2D eigenvalue weighted by atomic mass is 79.9. The number of hydrogen-bond acceptors (Lipinski definition) is 2. The summed E-state index contributed by atoms with van der Waals surface area (Å²) in [6.07, 6.45) is 1.38. The molecule has 0 heterocycles. The van der Waals surface area contributed by atoms with Crippen LogP contribution in [0.5, 0.6) is 0 Å². The molecule has 2 amide bonds. The lowest BCUT2D eigenvalue weighted by Crippen LogP contribution is -2.39.